The van der Waals surface area contributed by atoms with Crippen molar-refractivity contribution in [1.29, 1.82) is 0 Å². The summed E-state index contributed by atoms with van der Waals surface area (Å²) in [6.07, 6.45) is 0. The number of carbonyl (C=O) groups excluding carboxylic acids is 1. The zero-order chi connectivity index (χ0) is 10.0. The van der Waals surface area contributed by atoms with E-state index >= 15 is 0 Å². The molecule has 1 rings (SSSR count). The largest absolute Gasteiger partial charge is 0.292 e. The van der Waals surface area contributed by atoms with Crippen LogP contribution in [-0.4, -0.2) is 11.2 Å². The van der Waals surface area contributed by atoms with E-state index < -0.39 is 5.38 Å². The van der Waals surface area contributed by atoms with Crippen LogP contribution in [0.15, 0.2) is 23.1 Å². The first-order valence-corrected chi connectivity index (χ1v) is 4.95. The number of alkyl halides is 1. The molecule has 1 atom stereocenters. The zero-order valence-corrected chi connectivity index (χ0v) is 9.33. The summed E-state index contributed by atoms with van der Waals surface area (Å²) >= 11 is 15.5. The molecule has 1 aromatic carbocycles. The first kappa shape index (κ1) is 10.9. The number of hydrogen-bond donors (Lipinski definition) is 1. The van der Waals surface area contributed by atoms with Crippen molar-refractivity contribution in [3.05, 3.63) is 28.8 Å². The Labute approximate surface area is 92.4 Å². The smallest absolute Gasteiger partial charge is 0.181 e. The molecule has 0 bridgehead atoms. The maximum Gasteiger partial charge on any atom is 0.181 e. The van der Waals surface area contributed by atoms with E-state index in [1.165, 1.54) is 0 Å². The Morgan fingerprint density at radius 2 is 2.15 bits per heavy atom. The third-order valence-corrected chi connectivity index (χ3v) is 2.41. The van der Waals surface area contributed by atoms with Crippen LogP contribution in [0.5, 0.6) is 0 Å². The highest BCUT2D eigenvalue weighted by Crippen LogP contribution is 2.21. The van der Waals surface area contributed by atoms with E-state index in [-0.39, 0.29) is 5.78 Å². The molecule has 1 aromatic rings. The molecule has 0 spiro atoms. The predicted octanol–water partition coefficient (Wildman–Crippen LogP) is 3.44. The van der Waals surface area contributed by atoms with Crippen LogP contribution < -0.4 is 0 Å². The van der Waals surface area contributed by atoms with Gasteiger partial charge in [-0.3, -0.25) is 4.79 Å². The molecule has 0 radical (unpaired) electrons. The molecule has 4 heteroatoms. The fraction of sp³-hybridized carbons (Fsp3) is 0.222. The van der Waals surface area contributed by atoms with Crippen LogP contribution in [0.25, 0.3) is 0 Å². The number of thiol groups is 1. The molecule has 1 unspecified atom stereocenters. The molecule has 0 aromatic heterocycles. The van der Waals surface area contributed by atoms with Crippen molar-refractivity contribution in [2.45, 2.75) is 17.2 Å². The van der Waals surface area contributed by atoms with Crippen molar-refractivity contribution in [1.82, 2.24) is 0 Å². The molecule has 0 heterocycles. The third kappa shape index (κ3) is 2.63. The van der Waals surface area contributed by atoms with Crippen molar-refractivity contribution in [2.75, 3.05) is 0 Å². The second-order valence-corrected chi connectivity index (χ2v) is 4.21. The Morgan fingerprint density at radius 1 is 1.54 bits per heavy atom. The molecular weight excluding hydrogens is 227 g/mol. The number of ketones is 1. The van der Waals surface area contributed by atoms with Crippen LogP contribution in [0, 0.1) is 0 Å². The first-order chi connectivity index (χ1) is 6.02. The summed E-state index contributed by atoms with van der Waals surface area (Å²) in [5, 5.41) is -0.0390. The lowest BCUT2D eigenvalue weighted by atomic mass is 10.1. The van der Waals surface area contributed by atoms with E-state index in [9.17, 15) is 4.79 Å². The van der Waals surface area contributed by atoms with E-state index in [1.54, 1.807) is 25.1 Å². The van der Waals surface area contributed by atoms with Gasteiger partial charge in [0.05, 0.1) is 5.38 Å². The quantitative estimate of drug-likeness (QED) is 0.472. The molecule has 0 N–H and O–H groups in total. The van der Waals surface area contributed by atoms with E-state index in [0.717, 1.165) is 0 Å². The van der Waals surface area contributed by atoms with Gasteiger partial charge in [-0.05, 0) is 25.1 Å². The Hall–Kier alpha value is -0.180. The number of rotatable bonds is 2. The lowest BCUT2D eigenvalue weighted by Gasteiger charge is -2.05. The third-order valence-electron chi connectivity index (χ3n) is 1.59. The van der Waals surface area contributed by atoms with Crippen LogP contribution in [0.3, 0.4) is 0 Å². The fourth-order valence-corrected chi connectivity index (χ4v) is 1.46. The Balaban J connectivity index is 3.13. The summed E-state index contributed by atoms with van der Waals surface area (Å²) in [6, 6.07) is 4.93. The molecule has 0 saturated heterocycles. The van der Waals surface area contributed by atoms with Gasteiger partial charge in [-0.2, -0.15) is 0 Å². The van der Waals surface area contributed by atoms with Gasteiger partial charge in [-0.25, -0.2) is 0 Å². The molecule has 0 aliphatic heterocycles. The standard InChI is InChI=1S/C9H8Cl2OS/c1-5(10)9(12)7-4-6(11)2-3-8(7)13/h2-5,13H,1H3. The van der Waals surface area contributed by atoms with Gasteiger partial charge in [-0.1, -0.05) is 11.6 Å². The Kier molecular flexibility index (Phi) is 3.65. The van der Waals surface area contributed by atoms with E-state index in [2.05, 4.69) is 12.6 Å². The van der Waals surface area contributed by atoms with Crippen molar-refractivity contribution in [3.8, 4) is 0 Å². The van der Waals surface area contributed by atoms with Gasteiger partial charge in [0.1, 0.15) is 0 Å². The van der Waals surface area contributed by atoms with Gasteiger partial charge in [0.25, 0.3) is 0 Å². The van der Waals surface area contributed by atoms with Crippen LogP contribution in [0.1, 0.15) is 17.3 Å². The fourth-order valence-electron chi connectivity index (χ4n) is 0.920. The van der Waals surface area contributed by atoms with Crippen LogP contribution >= 0.6 is 35.8 Å². The average Bonchev–Trinajstić information content (AvgIpc) is 2.08. The number of Topliss-reactive ketones (excluding diaryl/α,β-unsaturated/α-hetero) is 1. The van der Waals surface area contributed by atoms with Crippen molar-refractivity contribution >= 4 is 41.6 Å². The van der Waals surface area contributed by atoms with Gasteiger partial charge < -0.3 is 0 Å². The second-order valence-electron chi connectivity index (χ2n) is 2.64. The Morgan fingerprint density at radius 3 is 2.69 bits per heavy atom. The maximum atomic E-state index is 11.5. The average molecular weight is 235 g/mol. The molecule has 13 heavy (non-hydrogen) atoms. The molecule has 0 aliphatic rings. The number of carbonyl (C=O) groups is 1. The minimum Gasteiger partial charge on any atom is -0.292 e. The summed E-state index contributed by atoms with van der Waals surface area (Å²) in [5.74, 6) is -0.158. The molecule has 1 nitrogen and oxygen atoms in total. The van der Waals surface area contributed by atoms with Crippen molar-refractivity contribution in [2.24, 2.45) is 0 Å². The number of hydrogen-bond acceptors (Lipinski definition) is 2. The Bertz CT molecular complexity index is 336. The minimum atomic E-state index is -0.552. The number of benzene rings is 1. The van der Waals surface area contributed by atoms with Gasteiger partial charge in [0.15, 0.2) is 5.78 Å². The highest BCUT2D eigenvalue weighted by molar-refractivity contribution is 7.80. The van der Waals surface area contributed by atoms with E-state index in [0.29, 0.717) is 15.5 Å². The molecule has 0 aliphatic carbocycles. The molecule has 0 fully saturated rings. The van der Waals surface area contributed by atoms with Gasteiger partial charge in [-0.15, -0.1) is 24.2 Å². The lowest BCUT2D eigenvalue weighted by molar-refractivity contribution is 0.0989. The van der Waals surface area contributed by atoms with Gasteiger partial charge >= 0.3 is 0 Å². The maximum absolute atomic E-state index is 11.5. The van der Waals surface area contributed by atoms with Crippen LogP contribution in [0.4, 0.5) is 0 Å². The molecular formula is C9H8Cl2OS. The van der Waals surface area contributed by atoms with Crippen molar-refractivity contribution in [3.63, 3.8) is 0 Å². The minimum absolute atomic E-state index is 0.158. The summed E-state index contributed by atoms with van der Waals surface area (Å²) < 4.78 is 0. The first-order valence-electron chi connectivity index (χ1n) is 3.69. The van der Waals surface area contributed by atoms with Crippen LogP contribution in [0.2, 0.25) is 5.02 Å². The van der Waals surface area contributed by atoms with Gasteiger partial charge in [0.2, 0.25) is 0 Å². The predicted molar refractivity (Wildman–Crippen MR) is 58.3 cm³/mol. The summed E-state index contributed by atoms with van der Waals surface area (Å²) in [6.45, 7) is 1.62. The van der Waals surface area contributed by atoms with Gasteiger partial charge in [0, 0.05) is 15.5 Å². The zero-order valence-electron chi connectivity index (χ0n) is 6.92. The summed E-state index contributed by atoms with van der Waals surface area (Å²) in [7, 11) is 0. The van der Waals surface area contributed by atoms with Crippen LogP contribution in [-0.2, 0) is 0 Å². The molecule has 0 saturated carbocycles. The highest BCUT2D eigenvalue weighted by Gasteiger charge is 2.15. The highest BCUT2D eigenvalue weighted by atomic mass is 35.5. The topological polar surface area (TPSA) is 17.1 Å². The normalized spacial score (nSPS) is 12.6. The van der Waals surface area contributed by atoms with E-state index in [1.807, 2.05) is 0 Å². The lowest BCUT2D eigenvalue weighted by Crippen LogP contribution is -2.11. The van der Waals surface area contributed by atoms with E-state index in [4.69, 9.17) is 23.2 Å². The molecule has 70 valence electrons. The van der Waals surface area contributed by atoms with Crippen molar-refractivity contribution < 1.29 is 4.79 Å². The summed E-state index contributed by atoms with van der Waals surface area (Å²) in [4.78, 5) is 12.1. The summed E-state index contributed by atoms with van der Waals surface area (Å²) in [5.41, 5.74) is 0.471. The second kappa shape index (κ2) is 4.36. The number of halogens is 2. The SMILES string of the molecule is CC(Cl)C(=O)c1cc(Cl)ccc1S. The molecule has 0 amide bonds. The monoisotopic (exact) mass is 234 g/mol.